The lowest BCUT2D eigenvalue weighted by molar-refractivity contribution is -0.289. The summed E-state index contributed by atoms with van der Waals surface area (Å²) in [7, 11) is 7.25. The van der Waals surface area contributed by atoms with E-state index in [2.05, 4.69) is 0 Å². The van der Waals surface area contributed by atoms with Crippen LogP contribution in [0.15, 0.2) is 18.2 Å². The molecule has 2 aliphatic heterocycles. The number of aliphatic hydroxyl groups is 3. The standard InChI is InChI=1S/C36H48N2O12/c1-8-36(46)14-21(49-22-12-18(37(4)5)29(40)15(2)47-22)25-28(35(36)50-23-13-19(38(6)7)30(41)16(3)48-23)34(45)26-27(33(25)44)32(43)24-17(31(26)42)10-9-11-20(24)39/h9-11,15-16,18-19,21-23,29-30,35,39-41,44-46H,8,12-14H2,1-7H3/t15-,16+,18-,19-,21-,22+,23+,29+,30+,35-,36-/m0/s1. The maximum Gasteiger partial charge on any atom is 0.202 e. The van der Waals surface area contributed by atoms with Gasteiger partial charge in [-0.25, -0.2) is 0 Å². The molecule has 14 nitrogen and oxygen atoms in total. The lowest BCUT2D eigenvalue weighted by Crippen LogP contribution is -2.55. The number of aliphatic hydroxyl groups excluding tert-OH is 2. The molecule has 11 atom stereocenters. The van der Waals surface area contributed by atoms with E-state index < -0.39 is 94.7 Å². The van der Waals surface area contributed by atoms with E-state index in [1.807, 2.05) is 38.0 Å². The lowest BCUT2D eigenvalue weighted by Gasteiger charge is -2.48. The minimum Gasteiger partial charge on any atom is -0.507 e. The number of benzene rings is 2. The van der Waals surface area contributed by atoms with Gasteiger partial charge in [-0.1, -0.05) is 19.1 Å². The molecule has 2 aromatic rings. The van der Waals surface area contributed by atoms with Crippen molar-refractivity contribution in [3.8, 4) is 17.2 Å². The summed E-state index contributed by atoms with van der Waals surface area (Å²) in [6.45, 7) is 5.12. The maximum atomic E-state index is 14.0. The van der Waals surface area contributed by atoms with Gasteiger partial charge in [0.15, 0.2) is 18.4 Å². The summed E-state index contributed by atoms with van der Waals surface area (Å²) in [5.74, 6) is -3.49. The second kappa shape index (κ2) is 13.4. The monoisotopic (exact) mass is 700 g/mol. The van der Waals surface area contributed by atoms with Crippen LogP contribution in [0.1, 0.15) is 102 Å². The number of rotatable bonds is 7. The maximum absolute atomic E-state index is 14.0. The van der Waals surface area contributed by atoms with Gasteiger partial charge in [-0.05, 0) is 54.5 Å². The molecule has 0 saturated carbocycles. The molecular weight excluding hydrogens is 652 g/mol. The molecule has 0 unspecified atom stereocenters. The van der Waals surface area contributed by atoms with Gasteiger partial charge in [-0.15, -0.1) is 0 Å². The number of carbonyl (C=O) groups excluding carboxylic acids is 2. The Morgan fingerprint density at radius 2 is 1.32 bits per heavy atom. The molecule has 2 aliphatic carbocycles. The van der Waals surface area contributed by atoms with Crippen LogP contribution < -0.4 is 0 Å². The zero-order valence-electron chi connectivity index (χ0n) is 29.4. The highest BCUT2D eigenvalue weighted by Gasteiger charge is 2.54. The van der Waals surface area contributed by atoms with Crippen molar-refractivity contribution in [3.05, 3.63) is 51.6 Å². The molecule has 0 radical (unpaired) electrons. The molecule has 2 fully saturated rings. The fourth-order valence-corrected chi connectivity index (χ4v) is 8.05. The third kappa shape index (κ3) is 5.90. The van der Waals surface area contributed by atoms with E-state index in [0.29, 0.717) is 0 Å². The van der Waals surface area contributed by atoms with E-state index >= 15 is 0 Å². The Morgan fingerprint density at radius 1 is 0.800 bits per heavy atom. The van der Waals surface area contributed by atoms with Crippen molar-refractivity contribution in [3.63, 3.8) is 0 Å². The van der Waals surface area contributed by atoms with Crippen LogP contribution in [0, 0.1) is 0 Å². The molecule has 4 aliphatic rings. The van der Waals surface area contributed by atoms with Gasteiger partial charge in [0, 0.05) is 48.0 Å². The molecular formula is C36H48N2O12. The van der Waals surface area contributed by atoms with Crippen LogP contribution in [0.2, 0.25) is 0 Å². The van der Waals surface area contributed by atoms with E-state index in [-0.39, 0.29) is 60.0 Å². The van der Waals surface area contributed by atoms with Crippen LogP contribution in [-0.4, -0.2) is 135 Å². The summed E-state index contributed by atoms with van der Waals surface area (Å²) in [5.41, 5.74) is -3.47. The van der Waals surface area contributed by atoms with E-state index in [1.54, 1.807) is 20.8 Å². The molecule has 0 bridgehead atoms. The molecule has 0 spiro atoms. The van der Waals surface area contributed by atoms with Gasteiger partial charge in [0.25, 0.3) is 0 Å². The van der Waals surface area contributed by atoms with Crippen molar-refractivity contribution in [1.29, 1.82) is 0 Å². The summed E-state index contributed by atoms with van der Waals surface area (Å²) < 4.78 is 25.1. The van der Waals surface area contributed by atoms with Crippen LogP contribution in [0.25, 0.3) is 0 Å². The van der Waals surface area contributed by atoms with Gasteiger partial charge in [-0.3, -0.25) is 9.59 Å². The van der Waals surface area contributed by atoms with Crippen LogP contribution in [-0.2, 0) is 18.9 Å². The second-order valence-electron chi connectivity index (χ2n) is 14.5. The van der Waals surface area contributed by atoms with Crippen molar-refractivity contribution in [2.45, 2.75) is 113 Å². The molecule has 0 aromatic heterocycles. The molecule has 6 rings (SSSR count). The Balaban J connectivity index is 1.52. The number of carbonyl (C=O) groups is 2. The van der Waals surface area contributed by atoms with Crippen molar-refractivity contribution >= 4 is 11.6 Å². The normalized spacial score (nSPS) is 35.6. The van der Waals surface area contributed by atoms with Crippen molar-refractivity contribution < 1.29 is 59.2 Å². The average molecular weight is 701 g/mol. The quantitative estimate of drug-likeness (QED) is 0.196. The smallest absolute Gasteiger partial charge is 0.202 e. The van der Waals surface area contributed by atoms with E-state index in [0.717, 1.165) is 0 Å². The zero-order chi connectivity index (χ0) is 36.6. The number of nitrogens with zero attached hydrogens (tertiary/aromatic N) is 2. The predicted octanol–water partition coefficient (Wildman–Crippen LogP) is 2.09. The third-order valence-corrected chi connectivity index (χ3v) is 11.0. The highest BCUT2D eigenvalue weighted by molar-refractivity contribution is 6.31. The Hall–Kier alpha value is -3.18. The van der Waals surface area contributed by atoms with Gasteiger partial charge in [0.2, 0.25) is 5.78 Å². The molecule has 274 valence electrons. The van der Waals surface area contributed by atoms with E-state index in [4.69, 9.17) is 18.9 Å². The molecule has 2 heterocycles. The minimum absolute atomic E-state index is 0.0702. The number of hydrogen-bond acceptors (Lipinski definition) is 14. The fraction of sp³-hybridized carbons (Fsp3) is 0.611. The van der Waals surface area contributed by atoms with Gasteiger partial charge in [0.05, 0.1) is 52.8 Å². The van der Waals surface area contributed by atoms with Gasteiger partial charge < -0.3 is 59.4 Å². The van der Waals surface area contributed by atoms with E-state index in [1.165, 1.54) is 18.2 Å². The fourth-order valence-electron chi connectivity index (χ4n) is 8.05. The molecule has 50 heavy (non-hydrogen) atoms. The first-order valence-electron chi connectivity index (χ1n) is 17.1. The first-order valence-corrected chi connectivity index (χ1v) is 17.1. The van der Waals surface area contributed by atoms with Crippen LogP contribution in [0.3, 0.4) is 0 Å². The number of fused-ring (bicyclic) bond motifs is 3. The summed E-state index contributed by atoms with van der Waals surface area (Å²) in [6, 6.07) is 3.25. The Morgan fingerprint density at radius 3 is 1.86 bits per heavy atom. The number of likely N-dealkylation sites (N-methyl/N-ethyl adjacent to an activating group) is 2. The molecule has 2 saturated heterocycles. The average Bonchev–Trinajstić information content (AvgIpc) is 3.05. The highest BCUT2D eigenvalue weighted by atomic mass is 16.7. The van der Waals surface area contributed by atoms with E-state index in [9.17, 15) is 40.2 Å². The molecule has 2 aromatic carbocycles. The summed E-state index contributed by atoms with van der Waals surface area (Å²) >= 11 is 0. The number of phenolic OH excluding ortho intramolecular Hbond substituents is 3. The van der Waals surface area contributed by atoms with Gasteiger partial charge >= 0.3 is 0 Å². The molecule has 0 amide bonds. The molecule has 14 heteroatoms. The number of aromatic hydroxyl groups is 3. The van der Waals surface area contributed by atoms with Gasteiger partial charge in [0.1, 0.15) is 23.4 Å². The summed E-state index contributed by atoms with van der Waals surface area (Å²) in [6.07, 6.45) is -7.20. The summed E-state index contributed by atoms with van der Waals surface area (Å²) in [4.78, 5) is 31.6. The topological polar surface area (TPSA) is 199 Å². The van der Waals surface area contributed by atoms with Crippen molar-refractivity contribution in [2.24, 2.45) is 0 Å². The van der Waals surface area contributed by atoms with Crippen LogP contribution >= 0.6 is 0 Å². The molecule has 6 N–H and O–H groups in total. The number of hydrogen-bond donors (Lipinski definition) is 6. The minimum atomic E-state index is -1.77. The lowest BCUT2D eigenvalue weighted by atomic mass is 9.70. The van der Waals surface area contributed by atoms with Crippen LogP contribution in [0.5, 0.6) is 17.2 Å². The highest BCUT2D eigenvalue weighted by Crippen LogP contribution is 2.58. The Kier molecular flexibility index (Phi) is 9.82. The Bertz CT molecular complexity index is 1660. The third-order valence-electron chi connectivity index (χ3n) is 11.0. The summed E-state index contributed by atoms with van der Waals surface area (Å²) in [5, 5.41) is 68.8. The van der Waals surface area contributed by atoms with Crippen molar-refractivity contribution in [2.75, 3.05) is 28.2 Å². The number of ketones is 2. The van der Waals surface area contributed by atoms with Gasteiger partial charge in [-0.2, -0.15) is 0 Å². The largest absolute Gasteiger partial charge is 0.507 e. The predicted molar refractivity (Wildman–Crippen MR) is 177 cm³/mol. The Labute approximate surface area is 290 Å². The SMILES string of the molecule is CC[C@]1(O)C[C@H](O[C@@H]2C[C@H](N(C)C)[C@H](O)[C@H](C)O2)c2c(O)c3c(c(O)c2[C@@H]1O[C@@H]1C[C@H](N(C)C)[C@H](O)[C@@H](C)O1)C(=O)c1cccc(O)c1C3=O. The van der Waals surface area contributed by atoms with Crippen LogP contribution in [0.4, 0.5) is 0 Å². The first-order chi connectivity index (χ1) is 23.5. The number of ether oxygens (including phenoxy) is 4. The zero-order valence-corrected chi connectivity index (χ0v) is 29.4. The van der Waals surface area contributed by atoms with Crippen molar-refractivity contribution in [1.82, 2.24) is 9.80 Å². The number of phenols is 3. The first kappa shape index (κ1) is 36.6. The second-order valence-corrected chi connectivity index (χ2v) is 14.5.